The summed E-state index contributed by atoms with van der Waals surface area (Å²) in [6.45, 7) is 11.2. The largest absolute Gasteiger partial charge is 0.444 e. The summed E-state index contributed by atoms with van der Waals surface area (Å²) >= 11 is 0. The third-order valence-corrected chi connectivity index (χ3v) is 5.26. The van der Waals surface area contributed by atoms with Crippen molar-refractivity contribution in [3.63, 3.8) is 0 Å². The normalized spacial score (nSPS) is 33.0. The zero-order valence-electron chi connectivity index (χ0n) is 15.2. The zero-order chi connectivity index (χ0) is 16.6. The molecule has 2 heterocycles. The highest BCUT2D eigenvalue weighted by Gasteiger charge is 2.36. The van der Waals surface area contributed by atoms with E-state index in [4.69, 9.17) is 4.74 Å². The number of rotatable bonds is 3. The molecule has 2 saturated heterocycles. The van der Waals surface area contributed by atoms with E-state index in [1.54, 1.807) is 0 Å². The third kappa shape index (κ3) is 4.60. The molecule has 0 bridgehead atoms. The van der Waals surface area contributed by atoms with Gasteiger partial charge in [-0.2, -0.15) is 0 Å². The summed E-state index contributed by atoms with van der Waals surface area (Å²) in [5, 5.41) is 3.85. The maximum Gasteiger partial charge on any atom is 0.410 e. The zero-order valence-corrected chi connectivity index (χ0v) is 15.2. The van der Waals surface area contributed by atoms with E-state index < -0.39 is 5.60 Å². The van der Waals surface area contributed by atoms with E-state index in [-0.39, 0.29) is 12.1 Å². The molecule has 1 aliphatic carbocycles. The van der Waals surface area contributed by atoms with Crippen molar-refractivity contribution < 1.29 is 9.53 Å². The monoisotopic (exact) mass is 323 g/mol. The van der Waals surface area contributed by atoms with Crippen molar-refractivity contribution in [2.45, 2.75) is 89.6 Å². The highest BCUT2D eigenvalue weighted by molar-refractivity contribution is 5.68. The lowest BCUT2D eigenvalue weighted by atomic mass is 9.97. The number of hydrogen-bond donors (Lipinski definition) is 1. The van der Waals surface area contributed by atoms with Crippen LogP contribution >= 0.6 is 0 Å². The average Bonchev–Trinajstić information content (AvgIpc) is 3.18. The van der Waals surface area contributed by atoms with E-state index in [9.17, 15) is 4.79 Å². The van der Waals surface area contributed by atoms with Crippen molar-refractivity contribution in [3.8, 4) is 0 Å². The molecule has 2 aliphatic heterocycles. The van der Waals surface area contributed by atoms with Crippen molar-refractivity contribution in [1.82, 2.24) is 15.1 Å². The molecular formula is C18H33N3O2. The van der Waals surface area contributed by atoms with Gasteiger partial charge in [0.2, 0.25) is 0 Å². The number of ether oxygens (including phenoxy) is 1. The second-order valence-electron chi connectivity index (χ2n) is 8.62. The van der Waals surface area contributed by atoms with Gasteiger partial charge in [0.05, 0.1) is 0 Å². The second-order valence-corrected chi connectivity index (χ2v) is 8.62. The number of hydrogen-bond acceptors (Lipinski definition) is 4. The molecule has 5 nitrogen and oxygen atoms in total. The lowest BCUT2D eigenvalue weighted by molar-refractivity contribution is 0.00903. The van der Waals surface area contributed by atoms with Crippen molar-refractivity contribution in [2.75, 3.05) is 19.6 Å². The molecular weight excluding hydrogens is 290 g/mol. The first-order chi connectivity index (χ1) is 10.8. The summed E-state index contributed by atoms with van der Waals surface area (Å²) in [6.07, 6.45) is 5.97. The lowest BCUT2D eigenvalue weighted by Gasteiger charge is -2.39. The number of carbonyl (C=O) groups is 1. The Labute approximate surface area is 140 Å². The van der Waals surface area contributed by atoms with E-state index in [0.717, 1.165) is 25.4 Å². The van der Waals surface area contributed by atoms with Crippen LogP contribution in [-0.4, -0.2) is 65.3 Å². The maximum absolute atomic E-state index is 12.3. The highest BCUT2D eigenvalue weighted by Crippen LogP contribution is 2.30. The van der Waals surface area contributed by atoms with Crippen LogP contribution in [0.15, 0.2) is 0 Å². The average molecular weight is 323 g/mol. The third-order valence-electron chi connectivity index (χ3n) is 5.26. The molecule has 0 aromatic rings. The maximum atomic E-state index is 12.3. The van der Waals surface area contributed by atoms with E-state index in [0.29, 0.717) is 12.1 Å². The van der Waals surface area contributed by atoms with Gasteiger partial charge in [0, 0.05) is 43.8 Å². The van der Waals surface area contributed by atoms with Gasteiger partial charge in [-0.3, -0.25) is 4.90 Å². The molecule has 23 heavy (non-hydrogen) atoms. The molecule has 0 radical (unpaired) electrons. The fourth-order valence-corrected chi connectivity index (χ4v) is 3.94. The Kier molecular flexibility index (Phi) is 4.88. The van der Waals surface area contributed by atoms with Gasteiger partial charge in [0.25, 0.3) is 0 Å². The molecule has 1 saturated carbocycles. The SMILES string of the molecule is CC1CC(NC2CCN(C3CC3)C2)CCN1C(=O)OC(C)(C)C. The molecule has 3 atom stereocenters. The van der Waals surface area contributed by atoms with Crippen molar-refractivity contribution in [2.24, 2.45) is 0 Å². The quantitative estimate of drug-likeness (QED) is 0.867. The van der Waals surface area contributed by atoms with Gasteiger partial charge >= 0.3 is 6.09 Å². The van der Waals surface area contributed by atoms with Crippen LogP contribution in [0.25, 0.3) is 0 Å². The number of piperidine rings is 1. The number of nitrogens with one attached hydrogen (secondary N) is 1. The Balaban J connectivity index is 1.44. The molecule has 3 aliphatic rings. The topological polar surface area (TPSA) is 44.8 Å². The van der Waals surface area contributed by atoms with E-state index in [1.165, 1.54) is 32.4 Å². The summed E-state index contributed by atoms with van der Waals surface area (Å²) in [6, 6.07) is 2.31. The van der Waals surface area contributed by atoms with Gasteiger partial charge in [-0.05, 0) is 59.8 Å². The molecule has 0 spiro atoms. The molecule has 5 heteroatoms. The second kappa shape index (κ2) is 6.60. The van der Waals surface area contributed by atoms with Gasteiger partial charge in [0.15, 0.2) is 0 Å². The molecule has 1 amide bonds. The molecule has 3 fully saturated rings. The summed E-state index contributed by atoms with van der Waals surface area (Å²) < 4.78 is 5.52. The lowest BCUT2D eigenvalue weighted by Crippen LogP contribution is -2.53. The van der Waals surface area contributed by atoms with Crippen LogP contribution < -0.4 is 5.32 Å². The first kappa shape index (κ1) is 17.0. The Morgan fingerprint density at radius 3 is 2.39 bits per heavy atom. The molecule has 0 aromatic heterocycles. The Bertz CT molecular complexity index is 430. The molecule has 3 rings (SSSR count). The van der Waals surface area contributed by atoms with Gasteiger partial charge in [-0.15, -0.1) is 0 Å². The standard InChI is InChI=1S/C18H33N3O2/c1-13-11-14(8-10-21(13)17(22)23-18(2,3)4)19-15-7-9-20(12-15)16-5-6-16/h13-16,19H,5-12H2,1-4H3. The summed E-state index contributed by atoms with van der Waals surface area (Å²) in [5.41, 5.74) is -0.415. The number of amides is 1. The molecule has 132 valence electrons. The Morgan fingerprint density at radius 2 is 1.78 bits per heavy atom. The predicted octanol–water partition coefficient (Wildman–Crippen LogP) is 2.60. The fraction of sp³-hybridized carbons (Fsp3) is 0.944. The smallest absolute Gasteiger partial charge is 0.410 e. The van der Waals surface area contributed by atoms with E-state index >= 15 is 0 Å². The molecule has 1 N–H and O–H groups in total. The first-order valence-electron chi connectivity index (χ1n) is 9.31. The summed E-state index contributed by atoms with van der Waals surface area (Å²) in [5.74, 6) is 0. The van der Waals surface area contributed by atoms with Gasteiger partial charge in [0.1, 0.15) is 5.60 Å². The van der Waals surface area contributed by atoms with Crippen LogP contribution in [0.1, 0.15) is 59.8 Å². The van der Waals surface area contributed by atoms with Gasteiger partial charge < -0.3 is 15.0 Å². The van der Waals surface area contributed by atoms with Crippen molar-refractivity contribution >= 4 is 6.09 Å². The number of carbonyl (C=O) groups excluding carboxylic acids is 1. The minimum atomic E-state index is -0.415. The van der Waals surface area contributed by atoms with E-state index in [1.807, 2.05) is 25.7 Å². The van der Waals surface area contributed by atoms with Gasteiger partial charge in [-0.1, -0.05) is 0 Å². The summed E-state index contributed by atoms with van der Waals surface area (Å²) in [7, 11) is 0. The van der Waals surface area contributed by atoms with Crippen LogP contribution in [0.3, 0.4) is 0 Å². The van der Waals surface area contributed by atoms with Crippen LogP contribution in [0.5, 0.6) is 0 Å². The van der Waals surface area contributed by atoms with Crippen molar-refractivity contribution in [1.29, 1.82) is 0 Å². The summed E-state index contributed by atoms with van der Waals surface area (Å²) in [4.78, 5) is 16.8. The first-order valence-corrected chi connectivity index (χ1v) is 9.31. The minimum Gasteiger partial charge on any atom is -0.444 e. The molecule has 3 unspecified atom stereocenters. The Morgan fingerprint density at radius 1 is 1.09 bits per heavy atom. The molecule has 0 aromatic carbocycles. The van der Waals surface area contributed by atoms with Crippen LogP contribution in [0, 0.1) is 0 Å². The van der Waals surface area contributed by atoms with E-state index in [2.05, 4.69) is 17.1 Å². The fourth-order valence-electron chi connectivity index (χ4n) is 3.94. The van der Waals surface area contributed by atoms with Gasteiger partial charge in [-0.25, -0.2) is 4.79 Å². The van der Waals surface area contributed by atoms with Crippen LogP contribution in [0.4, 0.5) is 4.79 Å². The minimum absolute atomic E-state index is 0.163. The van der Waals surface area contributed by atoms with Crippen LogP contribution in [0.2, 0.25) is 0 Å². The number of nitrogens with zero attached hydrogens (tertiary/aromatic N) is 2. The van der Waals surface area contributed by atoms with Crippen LogP contribution in [-0.2, 0) is 4.74 Å². The Hall–Kier alpha value is -0.810. The number of likely N-dealkylation sites (tertiary alicyclic amines) is 2. The highest BCUT2D eigenvalue weighted by atomic mass is 16.6. The van der Waals surface area contributed by atoms with Crippen molar-refractivity contribution in [3.05, 3.63) is 0 Å². The predicted molar refractivity (Wildman–Crippen MR) is 91.6 cm³/mol.